The molecular weight excluding hydrogens is 326 g/mol. The molecule has 0 aliphatic carbocycles. The molecule has 0 bridgehead atoms. The lowest BCUT2D eigenvalue weighted by Gasteiger charge is -2.05. The van der Waals surface area contributed by atoms with Crippen molar-refractivity contribution in [3.05, 3.63) is 76.3 Å². The van der Waals surface area contributed by atoms with Crippen molar-refractivity contribution < 1.29 is 10.2 Å². The largest absolute Gasteiger partial charge is 0.506 e. The molecule has 0 fully saturated rings. The molecule has 1 aromatic heterocycles. The lowest BCUT2D eigenvalue weighted by Crippen LogP contribution is -2.05. The summed E-state index contributed by atoms with van der Waals surface area (Å²) in [5.74, 6) is 1.17. The fraction of sp³-hybridized carbons (Fsp3) is 0.222. The summed E-state index contributed by atoms with van der Waals surface area (Å²) in [6.07, 6.45) is -0.344. The van der Waals surface area contributed by atoms with Crippen molar-refractivity contribution >= 4 is 11.6 Å². The van der Waals surface area contributed by atoms with Crippen LogP contribution >= 0.6 is 11.6 Å². The van der Waals surface area contributed by atoms with Crippen molar-refractivity contribution in [2.24, 2.45) is 0 Å². The maximum absolute atomic E-state index is 10.5. The van der Waals surface area contributed by atoms with Crippen molar-refractivity contribution in [3.63, 3.8) is 0 Å². The monoisotopic (exact) mass is 343 g/mol. The summed E-state index contributed by atoms with van der Waals surface area (Å²) in [6.45, 7) is 2.62. The number of rotatable bonds is 5. The van der Waals surface area contributed by atoms with E-state index in [0.29, 0.717) is 23.8 Å². The number of aromatic hydroxyl groups is 1. The van der Waals surface area contributed by atoms with Crippen LogP contribution in [0.5, 0.6) is 5.75 Å². The van der Waals surface area contributed by atoms with Crippen LogP contribution in [0, 0.1) is 0 Å². The highest BCUT2D eigenvalue weighted by molar-refractivity contribution is 6.32. The smallest absolute Gasteiger partial charge is 0.183 e. The number of phenols is 1. The van der Waals surface area contributed by atoms with Crippen LogP contribution in [0.2, 0.25) is 5.02 Å². The molecular formula is C18H18ClN3O2. The van der Waals surface area contributed by atoms with E-state index in [9.17, 15) is 10.2 Å². The van der Waals surface area contributed by atoms with E-state index in [-0.39, 0.29) is 5.75 Å². The van der Waals surface area contributed by atoms with Gasteiger partial charge < -0.3 is 10.2 Å². The summed E-state index contributed by atoms with van der Waals surface area (Å²) in [4.78, 5) is 4.50. The third kappa shape index (κ3) is 3.42. The number of halogens is 1. The van der Waals surface area contributed by atoms with E-state index in [1.165, 1.54) is 0 Å². The Balaban J connectivity index is 1.89. The summed E-state index contributed by atoms with van der Waals surface area (Å²) in [7, 11) is 0. The second-order valence-electron chi connectivity index (χ2n) is 5.48. The molecule has 0 spiro atoms. The van der Waals surface area contributed by atoms with Crippen LogP contribution < -0.4 is 0 Å². The van der Waals surface area contributed by atoms with E-state index >= 15 is 0 Å². The molecule has 1 heterocycles. The summed E-state index contributed by atoms with van der Waals surface area (Å²) >= 11 is 5.96. The Morgan fingerprint density at radius 1 is 1.17 bits per heavy atom. The van der Waals surface area contributed by atoms with Gasteiger partial charge in [-0.25, -0.2) is 9.67 Å². The van der Waals surface area contributed by atoms with Gasteiger partial charge in [0, 0.05) is 13.0 Å². The van der Waals surface area contributed by atoms with E-state index in [4.69, 9.17) is 11.6 Å². The quantitative estimate of drug-likeness (QED) is 0.745. The van der Waals surface area contributed by atoms with Gasteiger partial charge in [-0.3, -0.25) is 0 Å². The molecule has 2 aromatic carbocycles. The number of hydrogen-bond donors (Lipinski definition) is 2. The van der Waals surface area contributed by atoms with Crippen LogP contribution in [0.1, 0.15) is 35.8 Å². The van der Waals surface area contributed by atoms with Crippen LogP contribution in [0.25, 0.3) is 0 Å². The zero-order valence-electron chi connectivity index (χ0n) is 13.2. The van der Waals surface area contributed by atoms with Gasteiger partial charge in [0.1, 0.15) is 17.7 Å². The molecule has 6 heteroatoms. The molecule has 124 valence electrons. The van der Waals surface area contributed by atoms with Gasteiger partial charge in [-0.15, -0.1) is 0 Å². The molecule has 2 N–H and O–H groups in total. The van der Waals surface area contributed by atoms with Gasteiger partial charge in [0.15, 0.2) is 5.82 Å². The first-order valence-electron chi connectivity index (χ1n) is 7.72. The number of aliphatic hydroxyl groups excluding tert-OH is 1. The molecule has 0 aliphatic rings. The fourth-order valence-electron chi connectivity index (χ4n) is 2.52. The summed E-state index contributed by atoms with van der Waals surface area (Å²) < 4.78 is 1.77. The van der Waals surface area contributed by atoms with Crippen LogP contribution in [-0.2, 0) is 13.0 Å². The summed E-state index contributed by atoms with van der Waals surface area (Å²) in [5.41, 5.74) is 1.67. The van der Waals surface area contributed by atoms with Gasteiger partial charge in [0.25, 0.3) is 0 Å². The van der Waals surface area contributed by atoms with Gasteiger partial charge in [0.05, 0.1) is 5.02 Å². The second kappa shape index (κ2) is 7.03. The Labute approximate surface area is 145 Å². The molecule has 0 saturated heterocycles. The van der Waals surface area contributed by atoms with Gasteiger partial charge in [-0.1, -0.05) is 48.0 Å². The molecule has 0 saturated carbocycles. The Morgan fingerprint density at radius 2 is 1.92 bits per heavy atom. The highest BCUT2D eigenvalue weighted by Gasteiger charge is 2.18. The van der Waals surface area contributed by atoms with E-state index in [1.54, 1.807) is 22.9 Å². The minimum Gasteiger partial charge on any atom is -0.506 e. The molecule has 24 heavy (non-hydrogen) atoms. The lowest BCUT2D eigenvalue weighted by atomic mass is 10.1. The highest BCUT2D eigenvalue weighted by atomic mass is 35.5. The van der Waals surface area contributed by atoms with Crippen LogP contribution in [0.3, 0.4) is 0 Å². The predicted octanol–water partition coefficient (Wildman–Crippen LogP) is 3.33. The van der Waals surface area contributed by atoms with E-state index in [2.05, 4.69) is 10.1 Å². The third-order valence-corrected chi connectivity index (χ3v) is 4.10. The average Bonchev–Trinajstić information content (AvgIpc) is 3.01. The summed E-state index contributed by atoms with van der Waals surface area (Å²) in [6, 6.07) is 14.4. The number of benzene rings is 2. The number of nitrogens with zero attached hydrogens (tertiary/aromatic N) is 3. The van der Waals surface area contributed by atoms with Crippen molar-refractivity contribution in [1.82, 2.24) is 14.8 Å². The molecule has 5 nitrogen and oxygen atoms in total. The van der Waals surface area contributed by atoms with Crippen LogP contribution in [-0.4, -0.2) is 25.0 Å². The first-order chi connectivity index (χ1) is 11.6. The van der Waals surface area contributed by atoms with Crippen molar-refractivity contribution in [2.45, 2.75) is 26.0 Å². The van der Waals surface area contributed by atoms with Crippen molar-refractivity contribution in [3.8, 4) is 5.75 Å². The van der Waals surface area contributed by atoms with Crippen molar-refractivity contribution in [1.29, 1.82) is 0 Å². The fourth-order valence-corrected chi connectivity index (χ4v) is 2.72. The minimum atomic E-state index is -0.860. The molecule has 3 aromatic rings. The number of phenolic OH excluding ortho intramolecular Hbond substituents is 1. The molecule has 3 rings (SSSR count). The molecule has 0 amide bonds. The average molecular weight is 344 g/mol. The zero-order chi connectivity index (χ0) is 17.1. The zero-order valence-corrected chi connectivity index (χ0v) is 14.0. The number of aryl methyl sites for hydroxylation is 1. The number of aromatic nitrogens is 3. The van der Waals surface area contributed by atoms with Gasteiger partial charge in [0.2, 0.25) is 0 Å². The highest BCUT2D eigenvalue weighted by Crippen LogP contribution is 2.25. The van der Waals surface area contributed by atoms with E-state index in [0.717, 1.165) is 17.0 Å². The van der Waals surface area contributed by atoms with Gasteiger partial charge in [-0.05, 0) is 30.2 Å². The predicted molar refractivity (Wildman–Crippen MR) is 92.1 cm³/mol. The second-order valence-corrected chi connectivity index (χ2v) is 5.88. The molecule has 1 atom stereocenters. The Morgan fingerprint density at radius 3 is 2.58 bits per heavy atom. The first kappa shape index (κ1) is 16.5. The van der Waals surface area contributed by atoms with Crippen LogP contribution in [0.4, 0.5) is 0 Å². The van der Waals surface area contributed by atoms with Gasteiger partial charge >= 0.3 is 0 Å². The Kier molecular flexibility index (Phi) is 4.83. The number of aliphatic hydroxyl groups is 1. The van der Waals surface area contributed by atoms with Crippen LogP contribution in [0.15, 0.2) is 48.5 Å². The normalized spacial score (nSPS) is 12.3. The Bertz CT molecular complexity index is 834. The molecule has 0 aliphatic heterocycles. The maximum Gasteiger partial charge on any atom is 0.183 e. The molecule has 0 unspecified atom stereocenters. The molecule has 0 radical (unpaired) electrons. The van der Waals surface area contributed by atoms with E-state index < -0.39 is 6.10 Å². The third-order valence-electron chi connectivity index (χ3n) is 3.80. The minimum absolute atomic E-state index is 0.0533. The maximum atomic E-state index is 10.5. The summed E-state index contributed by atoms with van der Waals surface area (Å²) in [5, 5.41) is 24.7. The van der Waals surface area contributed by atoms with Gasteiger partial charge in [-0.2, -0.15) is 5.10 Å². The number of hydrogen-bond acceptors (Lipinski definition) is 4. The Hall–Kier alpha value is -2.37. The van der Waals surface area contributed by atoms with Crippen molar-refractivity contribution in [2.75, 3.05) is 0 Å². The lowest BCUT2D eigenvalue weighted by molar-refractivity contribution is 0.209. The van der Waals surface area contributed by atoms with E-state index in [1.807, 2.05) is 37.3 Å². The SMILES string of the molecule is CCn1nc([C@@H](O)c2ccccc2)nc1Cc1ccc(O)c(Cl)c1. The first-order valence-corrected chi connectivity index (χ1v) is 8.10. The topological polar surface area (TPSA) is 71.2 Å². The standard InChI is InChI=1S/C18H18ClN3O2/c1-2-22-16(11-12-8-9-15(23)14(19)10-12)20-18(21-22)17(24)13-6-4-3-5-7-13/h3-10,17,23-24H,2,11H2,1H3/t17-/m0/s1.